The second-order valence-electron chi connectivity index (χ2n) is 6.82. The van der Waals surface area contributed by atoms with Gasteiger partial charge in [-0.05, 0) is 34.9 Å². The van der Waals surface area contributed by atoms with Gasteiger partial charge in [-0.3, -0.25) is 9.69 Å². The van der Waals surface area contributed by atoms with E-state index in [1.165, 1.54) is 17.2 Å². The lowest BCUT2D eigenvalue weighted by atomic mass is 10.0. The van der Waals surface area contributed by atoms with E-state index < -0.39 is 5.91 Å². The highest BCUT2D eigenvalue weighted by atomic mass is 32.1. The number of carbonyl (C=O) groups excluding carboxylic acids is 1. The van der Waals surface area contributed by atoms with Crippen molar-refractivity contribution in [3.63, 3.8) is 0 Å². The normalized spacial score (nSPS) is 15.8. The number of fused-ring (bicyclic) bond motifs is 1. The highest BCUT2D eigenvalue weighted by Crippen LogP contribution is 2.27. The van der Waals surface area contributed by atoms with Crippen molar-refractivity contribution in [2.75, 3.05) is 26.3 Å². The van der Waals surface area contributed by atoms with Crippen molar-refractivity contribution in [2.24, 2.45) is 5.73 Å². The number of nitrogens with zero attached hydrogens (tertiary/aromatic N) is 3. The highest BCUT2D eigenvalue weighted by molar-refractivity contribution is 7.90. The molecule has 2 N–H and O–H groups in total. The van der Waals surface area contributed by atoms with Crippen LogP contribution in [0.15, 0.2) is 54.7 Å². The average Bonchev–Trinajstić information content (AvgIpc) is 3.12. The number of morpholine rings is 1. The second kappa shape index (κ2) is 8.18. The van der Waals surface area contributed by atoms with Gasteiger partial charge in [-0.15, -0.1) is 12.6 Å². The number of rotatable bonds is 5. The molecule has 144 valence electrons. The van der Waals surface area contributed by atoms with Gasteiger partial charge in [0.1, 0.15) is 5.03 Å². The quantitative estimate of drug-likeness (QED) is 0.516. The smallest absolute Gasteiger partial charge is 0.244 e. The standard InChI is InChI=1S/C21H22N4O2S/c22-20(26)12-21(28)25-19-5-4-17(11-18(19)13-23-25)16-3-1-2-15(10-16)14-24-6-8-27-9-7-24/h1-5,10-13,28H,6-9,14H2,(H2,22,26)/b21-12-. The Hall–Kier alpha value is -2.61. The molecule has 0 saturated carbocycles. The van der Waals surface area contributed by atoms with Gasteiger partial charge < -0.3 is 10.5 Å². The van der Waals surface area contributed by atoms with E-state index in [2.05, 4.69) is 59.0 Å². The Kier molecular flexibility index (Phi) is 5.47. The number of primary amides is 1. The molecule has 28 heavy (non-hydrogen) atoms. The van der Waals surface area contributed by atoms with Crippen molar-refractivity contribution in [1.29, 1.82) is 0 Å². The fourth-order valence-corrected chi connectivity index (χ4v) is 3.74. The van der Waals surface area contributed by atoms with Crippen LogP contribution in [0.1, 0.15) is 5.56 Å². The van der Waals surface area contributed by atoms with Crippen molar-refractivity contribution in [2.45, 2.75) is 6.54 Å². The highest BCUT2D eigenvalue weighted by Gasteiger charge is 2.12. The zero-order chi connectivity index (χ0) is 19.5. The first kappa shape index (κ1) is 18.7. The molecule has 2 heterocycles. The largest absolute Gasteiger partial charge is 0.379 e. The summed E-state index contributed by atoms with van der Waals surface area (Å²) < 4.78 is 7.03. The molecule has 0 spiro atoms. The number of thiol groups is 1. The van der Waals surface area contributed by atoms with Crippen LogP contribution in [-0.4, -0.2) is 46.9 Å². The molecule has 1 aromatic heterocycles. The Morgan fingerprint density at radius 2 is 1.96 bits per heavy atom. The van der Waals surface area contributed by atoms with Gasteiger partial charge in [-0.2, -0.15) is 5.10 Å². The van der Waals surface area contributed by atoms with E-state index in [1.54, 1.807) is 10.9 Å². The summed E-state index contributed by atoms with van der Waals surface area (Å²) in [6.07, 6.45) is 3.01. The lowest BCUT2D eigenvalue weighted by Gasteiger charge is -2.26. The average molecular weight is 395 g/mol. The lowest BCUT2D eigenvalue weighted by Crippen LogP contribution is -2.35. The minimum Gasteiger partial charge on any atom is -0.379 e. The van der Waals surface area contributed by atoms with Crippen molar-refractivity contribution >= 4 is 34.5 Å². The topological polar surface area (TPSA) is 73.4 Å². The number of amides is 1. The summed E-state index contributed by atoms with van der Waals surface area (Å²) in [7, 11) is 0. The number of ether oxygens (including phenoxy) is 1. The van der Waals surface area contributed by atoms with Crippen LogP contribution in [0.3, 0.4) is 0 Å². The van der Waals surface area contributed by atoms with Crippen molar-refractivity contribution in [1.82, 2.24) is 14.7 Å². The summed E-state index contributed by atoms with van der Waals surface area (Å²) in [6.45, 7) is 4.48. The van der Waals surface area contributed by atoms with Crippen LogP contribution in [0.4, 0.5) is 0 Å². The van der Waals surface area contributed by atoms with E-state index in [4.69, 9.17) is 10.5 Å². The first-order chi connectivity index (χ1) is 13.6. The third-order valence-electron chi connectivity index (χ3n) is 4.83. The Morgan fingerprint density at radius 3 is 2.75 bits per heavy atom. The van der Waals surface area contributed by atoms with Gasteiger partial charge in [-0.25, -0.2) is 4.68 Å². The summed E-state index contributed by atoms with van der Waals surface area (Å²) in [5.41, 5.74) is 9.66. The minimum atomic E-state index is -0.553. The van der Waals surface area contributed by atoms with Crippen LogP contribution >= 0.6 is 12.6 Å². The summed E-state index contributed by atoms with van der Waals surface area (Å²) in [5, 5.41) is 5.69. The van der Waals surface area contributed by atoms with Gasteiger partial charge in [0.25, 0.3) is 0 Å². The molecule has 0 bridgehead atoms. The molecule has 0 radical (unpaired) electrons. The van der Waals surface area contributed by atoms with Crippen LogP contribution in [0.25, 0.3) is 27.1 Å². The molecule has 0 atom stereocenters. The number of aromatic nitrogens is 2. The van der Waals surface area contributed by atoms with E-state index in [-0.39, 0.29) is 0 Å². The maximum atomic E-state index is 11.1. The molecular weight excluding hydrogens is 372 g/mol. The zero-order valence-corrected chi connectivity index (χ0v) is 16.3. The third kappa shape index (κ3) is 4.11. The summed E-state index contributed by atoms with van der Waals surface area (Å²) in [4.78, 5) is 13.5. The molecule has 7 heteroatoms. The first-order valence-corrected chi connectivity index (χ1v) is 9.62. The molecule has 1 aliphatic heterocycles. The molecule has 1 fully saturated rings. The first-order valence-electron chi connectivity index (χ1n) is 9.18. The monoisotopic (exact) mass is 394 g/mol. The van der Waals surface area contributed by atoms with Gasteiger partial charge in [0.05, 0.1) is 24.9 Å². The van der Waals surface area contributed by atoms with Crippen molar-refractivity contribution < 1.29 is 9.53 Å². The maximum Gasteiger partial charge on any atom is 0.244 e. The van der Waals surface area contributed by atoms with E-state index in [0.29, 0.717) is 5.03 Å². The fraction of sp³-hybridized carbons (Fsp3) is 0.238. The maximum absolute atomic E-state index is 11.1. The number of hydrogen-bond acceptors (Lipinski definition) is 5. The van der Waals surface area contributed by atoms with Crippen LogP contribution in [0, 0.1) is 0 Å². The number of carbonyl (C=O) groups is 1. The van der Waals surface area contributed by atoms with Crippen LogP contribution in [0.2, 0.25) is 0 Å². The molecule has 0 aliphatic carbocycles. The second-order valence-corrected chi connectivity index (χ2v) is 7.28. The van der Waals surface area contributed by atoms with Crippen LogP contribution in [-0.2, 0) is 16.1 Å². The number of hydrogen-bond donors (Lipinski definition) is 2. The molecule has 2 aromatic carbocycles. The Labute approximate surface area is 169 Å². The molecule has 1 amide bonds. The number of benzene rings is 2. The van der Waals surface area contributed by atoms with E-state index in [9.17, 15) is 4.79 Å². The van der Waals surface area contributed by atoms with Gasteiger partial charge >= 0.3 is 0 Å². The number of nitrogens with two attached hydrogens (primary N) is 1. The predicted octanol–water partition coefficient (Wildman–Crippen LogP) is 2.75. The molecule has 1 saturated heterocycles. The van der Waals surface area contributed by atoms with Crippen LogP contribution in [0.5, 0.6) is 0 Å². The van der Waals surface area contributed by atoms with Gasteiger partial charge in [0, 0.05) is 31.1 Å². The molecule has 0 unspecified atom stereocenters. The molecule has 4 rings (SSSR count). The van der Waals surface area contributed by atoms with Crippen LogP contribution < -0.4 is 5.73 Å². The Balaban J connectivity index is 1.61. The van der Waals surface area contributed by atoms with E-state index in [1.807, 2.05) is 6.07 Å². The minimum absolute atomic E-state index is 0.391. The molecule has 1 aliphatic rings. The van der Waals surface area contributed by atoms with Crippen molar-refractivity contribution in [3.8, 4) is 11.1 Å². The Bertz CT molecular complexity index is 1040. The summed E-state index contributed by atoms with van der Waals surface area (Å²) >= 11 is 4.32. The van der Waals surface area contributed by atoms with Gasteiger partial charge in [-0.1, -0.05) is 24.3 Å². The third-order valence-corrected chi connectivity index (χ3v) is 5.15. The molecular formula is C21H22N4O2S. The van der Waals surface area contributed by atoms with Gasteiger partial charge in [0.15, 0.2) is 0 Å². The SMILES string of the molecule is NC(=O)/C=C(\S)n1ncc2cc(-c3cccc(CN4CCOCC4)c3)ccc21. The lowest BCUT2D eigenvalue weighted by molar-refractivity contribution is -0.113. The predicted molar refractivity (Wildman–Crippen MR) is 114 cm³/mol. The van der Waals surface area contributed by atoms with E-state index in [0.717, 1.165) is 49.3 Å². The van der Waals surface area contributed by atoms with E-state index >= 15 is 0 Å². The van der Waals surface area contributed by atoms with Crippen molar-refractivity contribution in [3.05, 3.63) is 60.3 Å². The summed E-state index contributed by atoms with van der Waals surface area (Å²) in [6, 6.07) is 14.7. The molecule has 3 aromatic rings. The van der Waals surface area contributed by atoms with Gasteiger partial charge in [0.2, 0.25) is 5.91 Å². The molecule has 6 nitrogen and oxygen atoms in total. The zero-order valence-electron chi connectivity index (χ0n) is 15.4. The fourth-order valence-electron chi connectivity index (χ4n) is 3.45. The Morgan fingerprint density at radius 1 is 1.18 bits per heavy atom. The summed E-state index contributed by atoms with van der Waals surface area (Å²) in [5.74, 6) is -0.553.